The average molecular weight is 305 g/mol. The Morgan fingerprint density at radius 3 is 2.48 bits per heavy atom. The number of nitrogens with one attached hydrogen (secondary N) is 1. The number of hydrazine groups is 1. The first kappa shape index (κ1) is 15.3. The van der Waals surface area contributed by atoms with Crippen LogP contribution < -0.4 is 10.4 Å². The summed E-state index contributed by atoms with van der Waals surface area (Å²) in [5.74, 6) is 3.01. The number of rotatable bonds is 1. The van der Waals surface area contributed by atoms with E-state index in [1.54, 1.807) is 18.3 Å². The van der Waals surface area contributed by atoms with Crippen molar-refractivity contribution in [1.29, 1.82) is 0 Å². The number of aryl methyl sites for hydroxylation is 1. The quantitative estimate of drug-likeness (QED) is 0.703. The molecule has 3 aliphatic rings. The first-order valence-corrected chi connectivity index (χ1v) is 7.54. The Labute approximate surface area is 136 Å². The Morgan fingerprint density at radius 2 is 2.00 bits per heavy atom. The molecule has 2 heterocycles. The van der Waals surface area contributed by atoms with Crippen LogP contribution in [-0.2, 0) is 4.79 Å². The molecule has 1 fully saturated rings. The molecule has 0 radical (unpaired) electrons. The SMILES string of the molecule is C#Cc1cccnc1N1NC(C)(C)CC1=O.Cc1cc2cc-2c1. The molecule has 1 N–H and O–H groups in total. The standard InChI is InChI=1S/C12H13N3O.C7H6/c1-4-9-6-5-7-13-11(9)15-10(16)8-12(2,3)14-15;1-5-2-6-4-7(6)3-5/h1,5-7,14H,8H2,2-3H3;2-4H,1H3. The van der Waals surface area contributed by atoms with Gasteiger partial charge in [0.2, 0.25) is 5.91 Å². The predicted molar refractivity (Wildman–Crippen MR) is 91.7 cm³/mol. The van der Waals surface area contributed by atoms with Crippen molar-refractivity contribution in [3.8, 4) is 23.5 Å². The van der Waals surface area contributed by atoms with Crippen molar-refractivity contribution < 1.29 is 4.79 Å². The van der Waals surface area contributed by atoms with Gasteiger partial charge in [-0.2, -0.15) is 0 Å². The molecule has 1 amide bonds. The van der Waals surface area contributed by atoms with Gasteiger partial charge in [0.25, 0.3) is 0 Å². The van der Waals surface area contributed by atoms with Gasteiger partial charge < -0.3 is 0 Å². The van der Waals surface area contributed by atoms with Crippen molar-refractivity contribution >= 4 is 11.7 Å². The van der Waals surface area contributed by atoms with Gasteiger partial charge in [-0.05, 0) is 55.7 Å². The second kappa shape index (κ2) is 5.53. The number of terminal acetylenes is 1. The highest BCUT2D eigenvalue weighted by molar-refractivity contribution is 5.95. The van der Waals surface area contributed by atoms with E-state index in [1.165, 1.54) is 21.7 Å². The van der Waals surface area contributed by atoms with E-state index >= 15 is 0 Å². The van der Waals surface area contributed by atoms with Gasteiger partial charge in [0, 0.05) is 18.2 Å². The van der Waals surface area contributed by atoms with E-state index in [-0.39, 0.29) is 11.4 Å². The molecule has 0 aromatic carbocycles. The zero-order valence-electron chi connectivity index (χ0n) is 13.6. The number of fused-ring (bicyclic) bond motifs is 1. The Hall–Kier alpha value is -2.64. The molecular weight excluding hydrogens is 286 g/mol. The summed E-state index contributed by atoms with van der Waals surface area (Å²) in [6.45, 7) is 6.05. The summed E-state index contributed by atoms with van der Waals surface area (Å²) in [6.07, 6.45) is 7.44. The fraction of sp³-hybridized carbons (Fsp3) is 0.263. The summed E-state index contributed by atoms with van der Waals surface area (Å²) < 4.78 is 0. The van der Waals surface area contributed by atoms with Crippen LogP contribution >= 0.6 is 0 Å². The van der Waals surface area contributed by atoms with Crippen molar-refractivity contribution in [2.75, 3.05) is 5.01 Å². The van der Waals surface area contributed by atoms with Gasteiger partial charge >= 0.3 is 0 Å². The zero-order valence-corrected chi connectivity index (χ0v) is 13.6. The minimum Gasteiger partial charge on any atom is -0.273 e. The number of nitrogens with zero attached hydrogens (tertiary/aromatic N) is 2. The highest BCUT2D eigenvalue weighted by atomic mass is 16.2. The van der Waals surface area contributed by atoms with Crippen molar-refractivity contribution in [3.05, 3.63) is 47.7 Å². The Bertz CT molecular complexity index is 797. The van der Waals surface area contributed by atoms with Crippen LogP contribution in [0.15, 0.2) is 36.5 Å². The molecule has 0 saturated carbocycles. The maximum atomic E-state index is 11.8. The molecule has 1 aromatic heterocycles. The maximum absolute atomic E-state index is 11.8. The molecule has 1 aliphatic heterocycles. The fourth-order valence-electron chi connectivity index (χ4n) is 2.63. The molecule has 2 aliphatic carbocycles. The monoisotopic (exact) mass is 305 g/mol. The van der Waals surface area contributed by atoms with Gasteiger partial charge in [-0.1, -0.05) is 18.1 Å². The lowest BCUT2D eigenvalue weighted by atomic mass is 10.0. The average Bonchev–Trinajstić information content (AvgIpc) is 3.00. The number of pyridine rings is 1. The van der Waals surface area contributed by atoms with E-state index in [0.29, 0.717) is 17.8 Å². The Morgan fingerprint density at radius 1 is 1.30 bits per heavy atom. The largest absolute Gasteiger partial charge is 0.273 e. The van der Waals surface area contributed by atoms with Gasteiger partial charge in [0.05, 0.1) is 5.56 Å². The van der Waals surface area contributed by atoms with Crippen LogP contribution in [0.2, 0.25) is 0 Å². The van der Waals surface area contributed by atoms with Crippen LogP contribution in [0.5, 0.6) is 0 Å². The summed E-state index contributed by atoms with van der Waals surface area (Å²) in [7, 11) is 0. The van der Waals surface area contributed by atoms with Crippen molar-refractivity contribution in [2.24, 2.45) is 0 Å². The zero-order chi connectivity index (χ0) is 16.6. The Balaban J connectivity index is 0.000000183. The van der Waals surface area contributed by atoms with Gasteiger partial charge in [-0.15, -0.1) is 6.42 Å². The minimum absolute atomic E-state index is 0.0137. The van der Waals surface area contributed by atoms with Crippen LogP contribution in [0, 0.1) is 19.3 Å². The molecule has 0 unspecified atom stereocenters. The topological polar surface area (TPSA) is 45.2 Å². The number of carbonyl (C=O) groups is 1. The molecule has 4 rings (SSSR count). The molecule has 23 heavy (non-hydrogen) atoms. The fourth-order valence-corrected chi connectivity index (χ4v) is 2.63. The van der Waals surface area contributed by atoms with Gasteiger partial charge in [0.1, 0.15) is 0 Å². The number of hydrogen-bond acceptors (Lipinski definition) is 3. The lowest BCUT2D eigenvalue weighted by Crippen LogP contribution is -2.43. The molecular formula is C19H19N3O. The van der Waals surface area contributed by atoms with Crippen LogP contribution in [0.25, 0.3) is 11.1 Å². The second-order valence-electron chi connectivity index (χ2n) is 6.51. The molecule has 1 aromatic rings. The highest BCUT2D eigenvalue weighted by Gasteiger charge is 2.37. The second-order valence-corrected chi connectivity index (χ2v) is 6.51. The molecule has 1 saturated heterocycles. The van der Waals surface area contributed by atoms with E-state index in [2.05, 4.69) is 41.5 Å². The van der Waals surface area contributed by atoms with Crippen molar-refractivity contribution in [1.82, 2.24) is 10.4 Å². The molecule has 0 bridgehead atoms. The smallest absolute Gasteiger partial charge is 0.244 e. The summed E-state index contributed by atoms with van der Waals surface area (Å²) in [4.78, 5) is 16.0. The van der Waals surface area contributed by atoms with Gasteiger partial charge in [-0.25, -0.2) is 15.4 Å². The molecule has 0 atom stereocenters. The predicted octanol–water partition coefficient (Wildman–Crippen LogP) is 3.06. The Kier molecular flexibility index (Phi) is 3.67. The minimum atomic E-state index is -0.250. The van der Waals surface area contributed by atoms with E-state index in [0.717, 1.165) is 0 Å². The first-order valence-electron chi connectivity index (χ1n) is 7.54. The van der Waals surface area contributed by atoms with Crippen molar-refractivity contribution in [3.63, 3.8) is 0 Å². The van der Waals surface area contributed by atoms with E-state index in [9.17, 15) is 4.79 Å². The molecule has 4 nitrogen and oxygen atoms in total. The van der Waals surface area contributed by atoms with E-state index in [1.807, 2.05) is 13.8 Å². The summed E-state index contributed by atoms with van der Waals surface area (Å²) in [5.41, 5.74) is 7.74. The normalized spacial score (nSPS) is 16.4. The first-order chi connectivity index (χ1) is 10.9. The lowest BCUT2D eigenvalue weighted by molar-refractivity contribution is -0.117. The van der Waals surface area contributed by atoms with Gasteiger partial charge in [-0.3, -0.25) is 4.79 Å². The summed E-state index contributed by atoms with van der Waals surface area (Å²) >= 11 is 0. The number of aromatic nitrogens is 1. The third kappa shape index (κ3) is 3.25. The number of carbonyl (C=O) groups excluding carboxylic acids is 1. The number of amides is 1. The van der Waals surface area contributed by atoms with Crippen LogP contribution in [-0.4, -0.2) is 16.4 Å². The molecule has 0 spiro atoms. The third-order valence-corrected chi connectivity index (χ3v) is 3.74. The van der Waals surface area contributed by atoms with Crippen LogP contribution in [0.3, 0.4) is 0 Å². The molecule has 4 heteroatoms. The van der Waals surface area contributed by atoms with Crippen molar-refractivity contribution in [2.45, 2.75) is 32.7 Å². The summed E-state index contributed by atoms with van der Waals surface area (Å²) in [6, 6.07) is 10.1. The van der Waals surface area contributed by atoms with Crippen LogP contribution in [0.4, 0.5) is 5.82 Å². The van der Waals surface area contributed by atoms with E-state index in [4.69, 9.17) is 6.42 Å². The number of hydrogen-bond donors (Lipinski definition) is 1. The molecule has 116 valence electrons. The summed E-state index contributed by atoms with van der Waals surface area (Å²) in [5, 5.41) is 1.44. The number of anilines is 1. The highest BCUT2D eigenvalue weighted by Crippen LogP contribution is 2.35. The number of benzene rings is 1. The van der Waals surface area contributed by atoms with Crippen LogP contribution in [0.1, 0.15) is 31.4 Å². The lowest BCUT2D eigenvalue weighted by Gasteiger charge is -2.21. The third-order valence-electron chi connectivity index (χ3n) is 3.74. The maximum Gasteiger partial charge on any atom is 0.244 e. The van der Waals surface area contributed by atoms with Gasteiger partial charge in [0.15, 0.2) is 5.82 Å². The van der Waals surface area contributed by atoms with E-state index < -0.39 is 0 Å².